The summed E-state index contributed by atoms with van der Waals surface area (Å²) in [5.41, 5.74) is 2.54. The lowest BCUT2D eigenvalue weighted by Gasteiger charge is -2.15. The first-order chi connectivity index (χ1) is 18.0. The number of nitrogens with one attached hydrogen (secondary N) is 2. The molecule has 0 bridgehead atoms. The van der Waals surface area contributed by atoms with E-state index in [2.05, 4.69) is 25.6 Å². The van der Waals surface area contributed by atoms with Gasteiger partial charge in [-0.15, -0.1) is 0 Å². The van der Waals surface area contributed by atoms with Crippen LogP contribution >= 0.6 is 0 Å². The van der Waals surface area contributed by atoms with Crippen molar-refractivity contribution in [2.45, 2.75) is 13.3 Å². The molecule has 0 fully saturated rings. The fraction of sp³-hybridized carbons (Fsp3) is 0.185. The summed E-state index contributed by atoms with van der Waals surface area (Å²) >= 11 is 0. The Labute approximate surface area is 214 Å². The normalized spacial score (nSPS) is 10.4. The molecule has 0 spiro atoms. The number of urea groups is 1. The fourth-order valence-corrected chi connectivity index (χ4v) is 3.55. The van der Waals surface area contributed by atoms with Crippen LogP contribution in [0.3, 0.4) is 0 Å². The van der Waals surface area contributed by atoms with E-state index in [-0.39, 0.29) is 0 Å². The Morgan fingerprint density at radius 3 is 2.19 bits per heavy atom. The minimum absolute atomic E-state index is 0.420. The van der Waals surface area contributed by atoms with Gasteiger partial charge in [-0.1, -0.05) is 6.92 Å². The van der Waals surface area contributed by atoms with E-state index in [9.17, 15) is 4.79 Å². The minimum Gasteiger partial charge on any atom is -0.493 e. The number of benzene rings is 2. The summed E-state index contributed by atoms with van der Waals surface area (Å²) in [6.45, 7) is 2.00. The van der Waals surface area contributed by atoms with E-state index in [0.717, 1.165) is 23.5 Å². The number of hydrogen-bond donors (Lipinski definition) is 2. The average molecular weight is 502 g/mol. The Kier molecular flexibility index (Phi) is 7.99. The highest BCUT2D eigenvalue weighted by Crippen LogP contribution is 2.40. The van der Waals surface area contributed by atoms with Crippen molar-refractivity contribution in [2.75, 3.05) is 32.0 Å². The van der Waals surface area contributed by atoms with Crippen LogP contribution in [0, 0.1) is 0 Å². The molecule has 190 valence electrons. The number of carbonyl (C=O) groups is 1. The first kappa shape index (κ1) is 25.2. The molecule has 37 heavy (non-hydrogen) atoms. The lowest BCUT2D eigenvalue weighted by atomic mass is 10.2. The molecule has 10 heteroatoms. The number of anilines is 2. The molecule has 0 unspecified atom stereocenters. The van der Waals surface area contributed by atoms with Crippen LogP contribution in [0.1, 0.15) is 12.7 Å². The molecule has 0 aliphatic rings. The second kappa shape index (κ2) is 11.7. The molecule has 0 atom stereocenters. The van der Waals surface area contributed by atoms with E-state index < -0.39 is 6.03 Å². The number of aromatic nitrogens is 3. The molecule has 0 aliphatic carbocycles. The average Bonchev–Trinajstić information content (AvgIpc) is 2.93. The van der Waals surface area contributed by atoms with Crippen molar-refractivity contribution >= 4 is 17.4 Å². The Morgan fingerprint density at radius 1 is 0.838 bits per heavy atom. The van der Waals surface area contributed by atoms with Crippen molar-refractivity contribution in [2.24, 2.45) is 0 Å². The summed E-state index contributed by atoms with van der Waals surface area (Å²) in [6.07, 6.45) is 4.11. The molecule has 4 aromatic rings. The van der Waals surface area contributed by atoms with Crippen LogP contribution in [-0.4, -0.2) is 42.3 Å². The van der Waals surface area contributed by atoms with Gasteiger partial charge in [-0.3, -0.25) is 0 Å². The molecule has 10 nitrogen and oxygen atoms in total. The first-order valence-electron chi connectivity index (χ1n) is 11.5. The maximum Gasteiger partial charge on any atom is 0.323 e. The topological polar surface area (TPSA) is 117 Å². The van der Waals surface area contributed by atoms with Crippen LogP contribution in [0.5, 0.6) is 28.9 Å². The lowest BCUT2D eigenvalue weighted by Crippen LogP contribution is -2.19. The van der Waals surface area contributed by atoms with Gasteiger partial charge in [-0.05, 0) is 42.5 Å². The van der Waals surface area contributed by atoms with Gasteiger partial charge >= 0.3 is 6.03 Å². The minimum atomic E-state index is -0.439. The van der Waals surface area contributed by atoms with Gasteiger partial charge in [0.05, 0.1) is 38.3 Å². The van der Waals surface area contributed by atoms with Crippen LogP contribution in [0.4, 0.5) is 16.2 Å². The summed E-state index contributed by atoms with van der Waals surface area (Å²) in [5.74, 6) is 3.02. The summed E-state index contributed by atoms with van der Waals surface area (Å²) in [6, 6.07) is 15.3. The third kappa shape index (κ3) is 6.04. The molecule has 0 aliphatic heterocycles. The zero-order chi connectivity index (χ0) is 26.2. The predicted octanol–water partition coefficient (Wildman–Crippen LogP) is 5.56. The summed E-state index contributed by atoms with van der Waals surface area (Å²) in [7, 11) is 4.53. The van der Waals surface area contributed by atoms with Crippen molar-refractivity contribution in [1.82, 2.24) is 15.0 Å². The number of rotatable bonds is 9. The highest BCUT2D eigenvalue weighted by molar-refractivity contribution is 6.00. The summed E-state index contributed by atoms with van der Waals surface area (Å²) in [4.78, 5) is 25.8. The van der Waals surface area contributed by atoms with Gasteiger partial charge < -0.3 is 29.6 Å². The number of pyridine rings is 1. The van der Waals surface area contributed by atoms with Gasteiger partial charge in [0.15, 0.2) is 11.5 Å². The smallest absolute Gasteiger partial charge is 0.323 e. The van der Waals surface area contributed by atoms with Gasteiger partial charge in [0.2, 0.25) is 11.6 Å². The first-order valence-corrected chi connectivity index (χ1v) is 11.5. The number of methoxy groups -OCH3 is 3. The number of carbonyl (C=O) groups excluding carboxylic acids is 1. The standard InChI is InChI=1S/C27H27N5O5/c1-5-24-28-14-12-21(32-24)20-7-6-13-29-26(20)37-19-10-8-17(9-11-19)30-27(33)31-18-15-22(34-2)25(36-4)23(16-18)35-3/h6-16H,5H2,1-4H3,(H2,30,31,33). The van der Waals surface area contributed by atoms with Gasteiger partial charge in [0.25, 0.3) is 0 Å². The fourth-order valence-electron chi connectivity index (χ4n) is 3.55. The Bertz CT molecular complexity index is 1350. The second-order valence-corrected chi connectivity index (χ2v) is 7.69. The van der Waals surface area contributed by atoms with Crippen molar-refractivity contribution in [3.8, 4) is 40.1 Å². The zero-order valence-electron chi connectivity index (χ0n) is 20.9. The van der Waals surface area contributed by atoms with E-state index >= 15 is 0 Å². The van der Waals surface area contributed by atoms with Crippen LogP contribution in [0.25, 0.3) is 11.3 Å². The number of aryl methyl sites for hydroxylation is 1. The molecule has 2 amide bonds. The van der Waals surface area contributed by atoms with E-state index in [0.29, 0.717) is 40.3 Å². The number of ether oxygens (including phenoxy) is 4. The van der Waals surface area contributed by atoms with Crippen LogP contribution in [0.15, 0.2) is 67.0 Å². The van der Waals surface area contributed by atoms with Crippen molar-refractivity contribution in [3.63, 3.8) is 0 Å². The Morgan fingerprint density at radius 2 is 1.54 bits per heavy atom. The largest absolute Gasteiger partial charge is 0.493 e. The molecule has 4 rings (SSSR count). The van der Waals surface area contributed by atoms with Gasteiger partial charge in [-0.2, -0.15) is 0 Å². The van der Waals surface area contributed by atoms with E-state index in [1.807, 2.05) is 25.1 Å². The second-order valence-electron chi connectivity index (χ2n) is 7.69. The molecule has 2 aromatic heterocycles. The molecule has 2 heterocycles. The molecule has 0 saturated heterocycles. The Hall–Kier alpha value is -4.86. The summed E-state index contributed by atoms with van der Waals surface area (Å²) in [5, 5.41) is 5.55. The van der Waals surface area contributed by atoms with Crippen LogP contribution < -0.4 is 29.6 Å². The molecule has 2 N–H and O–H groups in total. The van der Waals surface area contributed by atoms with E-state index in [1.165, 1.54) is 21.3 Å². The third-order valence-electron chi connectivity index (χ3n) is 5.32. The zero-order valence-corrected chi connectivity index (χ0v) is 20.9. The molecule has 2 aromatic carbocycles. The van der Waals surface area contributed by atoms with Crippen LogP contribution in [0.2, 0.25) is 0 Å². The van der Waals surface area contributed by atoms with Gasteiger partial charge in [-0.25, -0.2) is 19.7 Å². The van der Waals surface area contributed by atoms with Crippen molar-refractivity contribution in [3.05, 3.63) is 72.8 Å². The summed E-state index contributed by atoms with van der Waals surface area (Å²) < 4.78 is 22.0. The molecular weight excluding hydrogens is 474 g/mol. The van der Waals surface area contributed by atoms with Crippen molar-refractivity contribution < 1.29 is 23.7 Å². The Balaban J connectivity index is 1.44. The SMILES string of the molecule is CCc1nccc(-c2cccnc2Oc2ccc(NC(=O)Nc3cc(OC)c(OC)c(OC)c3)cc2)n1. The quantitative estimate of drug-likeness (QED) is 0.306. The van der Waals surface area contributed by atoms with E-state index in [4.69, 9.17) is 18.9 Å². The monoisotopic (exact) mass is 501 g/mol. The third-order valence-corrected chi connectivity index (χ3v) is 5.32. The van der Waals surface area contributed by atoms with Gasteiger partial charge in [0.1, 0.15) is 11.6 Å². The van der Waals surface area contributed by atoms with Crippen LogP contribution in [-0.2, 0) is 6.42 Å². The molecule has 0 radical (unpaired) electrons. The lowest BCUT2D eigenvalue weighted by molar-refractivity contribution is 0.262. The van der Waals surface area contributed by atoms with E-state index in [1.54, 1.807) is 48.8 Å². The number of amides is 2. The maximum atomic E-state index is 12.6. The van der Waals surface area contributed by atoms with Crippen molar-refractivity contribution in [1.29, 1.82) is 0 Å². The number of nitrogens with zero attached hydrogens (tertiary/aromatic N) is 3. The highest BCUT2D eigenvalue weighted by Gasteiger charge is 2.15. The molecular formula is C27H27N5O5. The number of hydrogen-bond acceptors (Lipinski definition) is 8. The maximum absolute atomic E-state index is 12.6. The van der Waals surface area contributed by atoms with Gasteiger partial charge in [0, 0.05) is 36.6 Å². The predicted molar refractivity (Wildman–Crippen MR) is 140 cm³/mol. The highest BCUT2D eigenvalue weighted by atomic mass is 16.5. The molecule has 0 saturated carbocycles.